The molecule has 0 fully saturated rings. The van der Waals surface area contributed by atoms with Gasteiger partial charge >= 0.3 is 5.97 Å². The zero-order chi connectivity index (χ0) is 29.9. The van der Waals surface area contributed by atoms with Crippen LogP contribution in [0.3, 0.4) is 0 Å². The summed E-state index contributed by atoms with van der Waals surface area (Å²) in [6.45, 7) is 1.66. The third-order valence-electron chi connectivity index (χ3n) is 6.98. The highest BCUT2D eigenvalue weighted by molar-refractivity contribution is 7.93. The van der Waals surface area contributed by atoms with Crippen molar-refractivity contribution in [2.24, 2.45) is 5.73 Å². The Hall–Kier alpha value is -5.11. The first-order valence-electron chi connectivity index (χ1n) is 13.1. The number of hydrogen-bond donors (Lipinski definition) is 2. The van der Waals surface area contributed by atoms with E-state index in [0.29, 0.717) is 21.7 Å². The van der Waals surface area contributed by atoms with Gasteiger partial charge in [-0.2, -0.15) is 5.26 Å². The normalized spacial score (nSPS) is 12.8. The van der Waals surface area contributed by atoms with Gasteiger partial charge in [0.2, 0.25) is 14.7 Å². The molecule has 1 unspecified atom stereocenters. The Kier molecular flexibility index (Phi) is 7.72. The molecule has 42 heavy (non-hydrogen) atoms. The fourth-order valence-electron chi connectivity index (χ4n) is 4.76. The summed E-state index contributed by atoms with van der Waals surface area (Å²) in [5.41, 5.74) is 8.28. The van der Waals surface area contributed by atoms with E-state index in [9.17, 15) is 18.0 Å². The number of pyridine rings is 1. The third-order valence-corrected chi connectivity index (χ3v) is 9.14. The molecule has 4 aromatic carbocycles. The molecule has 9 nitrogen and oxygen atoms in total. The van der Waals surface area contributed by atoms with Crippen LogP contribution in [0.4, 0.5) is 0 Å². The molecule has 0 saturated heterocycles. The Bertz CT molecular complexity index is 1980. The van der Waals surface area contributed by atoms with E-state index in [1.54, 1.807) is 79.7 Å². The molecule has 1 amide bonds. The quantitative estimate of drug-likeness (QED) is 0.258. The molecule has 5 aromatic rings. The molecule has 0 spiro atoms. The highest BCUT2D eigenvalue weighted by Crippen LogP contribution is 2.37. The molecule has 210 valence electrons. The lowest BCUT2D eigenvalue weighted by atomic mass is 9.98. The number of hydrogen-bond acceptors (Lipinski definition) is 8. The maximum absolute atomic E-state index is 14.3. The third kappa shape index (κ3) is 4.96. The SMILES string of the molecule is CCOC(=O)C(N)(c1ccc2cccc(C(=O)NCc3ccc(C#N)cc3)c2c1)S(=O)(=O)c1cccc2cccnc12. The van der Waals surface area contributed by atoms with E-state index in [1.165, 1.54) is 24.4 Å². The number of nitrogens with one attached hydrogen (secondary N) is 1. The smallest absolute Gasteiger partial charge is 0.347 e. The lowest BCUT2D eigenvalue weighted by molar-refractivity contribution is -0.146. The van der Waals surface area contributed by atoms with E-state index in [-0.39, 0.29) is 34.7 Å². The van der Waals surface area contributed by atoms with Crippen LogP contribution in [0.1, 0.15) is 34.0 Å². The number of nitriles is 1. The average molecular weight is 579 g/mol. The first-order chi connectivity index (χ1) is 20.2. The van der Waals surface area contributed by atoms with E-state index < -0.39 is 26.6 Å². The van der Waals surface area contributed by atoms with Gasteiger partial charge in [-0.1, -0.05) is 54.6 Å². The molecule has 1 heterocycles. The van der Waals surface area contributed by atoms with Crippen LogP contribution in [-0.4, -0.2) is 31.9 Å². The molecule has 1 atom stereocenters. The first kappa shape index (κ1) is 28.4. The topological polar surface area (TPSA) is 152 Å². The summed E-state index contributed by atoms with van der Waals surface area (Å²) in [6, 6.07) is 26.5. The summed E-state index contributed by atoms with van der Waals surface area (Å²) in [7, 11) is -4.64. The zero-order valence-corrected chi connectivity index (χ0v) is 23.4. The predicted octanol–water partition coefficient (Wildman–Crippen LogP) is 4.34. The standard InChI is InChI=1S/C32H26N4O5S/c1-2-41-31(38)32(34,42(39,40)28-10-4-7-24-8-5-17-35-29(24)28)25-16-15-23-6-3-9-26(27(23)18-25)30(37)36-20-22-13-11-21(19-33)12-14-22/h3-18H,2,20,34H2,1H3,(H,36,37). The van der Waals surface area contributed by atoms with E-state index in [2.05, 4.69) is 16.4 Å². The molecule has 10 heteroatoms. The molecular weight excluding hydrogens is 552 g/mol. The number of benzene rings is 4. The molecular formula is C32H26N4O5S. The van der Waals surface area contributed by atoms with Crippen LogP contribution < -0.4 is 11.1 Å². The van der Waals surface area contributed by atoms with Gasteiger partial charge in [0, 0.05) is 23.7 Å². The molecule has 0 aliphatic carbocycles. The minimum Gasteiger partial charge on any atom is -0.464 e. The number of para-hydroxylation sites is 1. The second-order valence-corrected chi connectivity index (χ2v) is 11.6. The van der Waals surface area contributed by atoms with Crippen LogP contribution in [0.2, 0.25) is 0 Å². The lowest BCUT2D eigenvalue weighted by Gasteiger charge is -2.28. The molecule has 0 radical (unpaired) electrons. The number of amides is 1. The van der Waals surface area contributed by atoms with Gasteiger partial charge in [0.1, 0.15) is 0 Å². The van der Waals surface area contributed by atoms with Crippen LogP contribution in [0, 0.1) is 11.3 Å². The summed E-state index contributed by atoms with van der Waals surface area (Å²) < 4.78 is 33.8. The average Bonchev–Trinajstić information content (AvgIpc) is 3.02. The maximum Gasteiger partial charge on any atom is 0.347 e. The Labute approximate surface area is 242 Å². The van der Waals surface area contributed by atoms with Crippen LogP contribution in [0.5, 0.6) is 0 Å². The lowest BCUT2D eigenvalue weighted by Crippen LogP contribution is -2.52. The van der Waals surface area contributed by atoms with Gasteiger partial charge in [0.15, 0.2) is 0 Å². The van der Waals surface area contributed by atoms with Gasteiger partial charge < -0.3 is 10.1 Å². The molecule has 5 rings (SSSR count). The largest absolute Gasteiger partial charge is 0.464 e. The van der Waals surface area contributed by atoms with Crippen LogP contribution in [0.15, 0.2) is 102 Å². The fraction of sp³-hybridized carbons (Fsp3) is 0.125. The Balaban J connectivity index is 1.60. The monoisotopic (exact) mass is 578 g/mol. The van der Waals surface area contributed by atoms with Crippen molar-refractivity contribution in [2.75, 3.05) is 6.61 Å². The van der Waals surface area contributed by atoms with E-state index in [4.69, 9.17) is 15.7 Å². The number of sulfone groups is 1. The number of ether oxygens (including phenoxy) is 1. The summed E-state index contributed by atoms with van der Waals surface area (Å²) in [5, 5.41) is 13.5. The minimum absolute atomic E-state index is 0.0614. The van der Waals surface area contributed by atoms with Gasteiger partial charge in [-0.05, 0) is 65.2 Å². The van der Waals surface area contributed by atoms with Crippen molar-refractivity contribution >= 4 is 43.4 Å². The fourth-order valence-corrected chi connectivity index (χ4v) is 6.51. The Morgan fingerprint density at radius 1 is 0.976 bits per heavy atom. The van der Waals surface area contributed by atoms with Crippen molar-refractivity contribution in [1.82, 2.24) is 10.3 Å². The molecule has 0 aliphatic heterocycles. The van der Waals surface area contributed by atoms with Gasteiger partial charge in [-0.3, -0.25) is 15.5 Å². The summed E-state index contributed by atoms with van der Waals surface area (Å²) >= 11 is 0. The zero-order valence-electron chi connectivity index (χ0n) is 22.6. The van der Waals surface area contributed by atoms with Crippen molar-refractivity contribution in [1.29, 1.82) is 5.26 Å². The van der Waals surface area contributed by atoms with Crippen molar-refractivity contribution in [3.8, 4) is 6.07 Å². The van der Waals surface area contributed by atoms with Crippen LogP contribution >= 0.6 is 0 Å². The van der Waals surface area contributed by atoms with Crippen LogP contribution in [-0.2, 0) is 30.8 Å². The van der Waals surface area contributed by atoms with Crippen molar-refractivity contribution in [3.05, 3.63) is 119 Å². The second-order valence-electron chi connectivity index (χ2n) is 9.52. The van der Waals surface area contributed by atoms with Gasteiger partial charge in [-0.25, -0.2) is 13.2 Å². The number of aromatic nitrogens is 1. The molecule has 1 aromatic heterocycles. The van der Waals surface area contributed by atoms with E-state index in [0.717, 1.165) is 5.56 Å². The van der Waals surface area contributed by atoms with Crippen LogP contribution in [0.25, 0.3) is 21.7 Å². The number of rotatable bonds is 8. The summed E-state index contributed by atoms with van der Waals surface area (Å²) in [5.74, 6) is -1.57. The Morgan fingerprint density at radius 3 is 2.43 bits per heavy atom. The van der Waals surface area contributed by atoms with Gasteiger partial charge in [0.05, 0.1) is 28.7 Å². The predicted molar refractivity (Wildman–Crippen MR) is 158 cm³/mol. The highest BCUT2D eigenvalue weighted by atomic mass is 32.2. The number of nitrogens with two attached hydrogens (primary N) is 1. The summed E-state index contributed by atoms with van der Waals surface area (Å²) in [4.78, 5) is 28.1. The van der Waals surface area contributed by atoms with Crippen molar-refractivity contribution in [2.45, 2.75) is 23.2 Å². The van der Waals surface area contributed by atoms with E-state index in [1.807, 2.05) is 0 Å². The maximum atomic E-state index is 14.3. The number of nitrogens with zero attached hydrogens (tertiary/aromatic N) is 2. The Morgan fingerprint density at radius 2 is 1.69 bits per heavy atom. The molecule has 0 saturated carbocycles. The second kappa shape index (κ2) is 11.4. The molecule has 0 bridgehead atoms. The molecule has 3 N–H and O–H groups in total. The summed E-state index contributed by atoms with van der Waals surface area (Å²) in [6.07, 6.45) is 1.46. The minimum atomic E-state index is -4.64. The van der Waals surface area contributed by atoms with E-state index >= 15 is 0 Å². The number of fused-ring (bicyclic) bond motifs is 2. The van der Waals surface area contributed by atoms with Crippen molar-refractivity contribution < 1.29 is 22.7 Å². The number of carbonyl (C=O) groups excluding carboxylic acids is 2. The van der Waals surface area contributed by atoms with Crippen molar-refractivity contribution in [3.63, 3.8) is 0 Å². The number of esters is 1. The first-order valence-corrected chi connectivity index (χ1v) is 14.5. The molecule has 0 aliphatic rings. The van der Waals surface area contributed by atoms with Gasteiger partial charge in [-0.15, -0.1) is 0 Å². The number of carbonyl (C=O) groups is 2. The highest BCUT2D eigenvalue weighted by Gasteiger charge is 2.52. The van der Waals surface area contributed by atoms with Gasteiger partial charge in [0.25, 0.3) is 5.91 Å².